The summed E-state index contributed by atoms with van der Waals surface area (Å²) in [6.07, 6.45) is -1.73. The predicted octanol–water partition coefficient (Wildman–Crippen LogP) is -1.32. The van der Waals surface area contributed by atoms with E-state index in [9.17, 15) is 33.6 Å². The van der Waals surface area contributed by atoms with E-state index in [1.165, 1.54) is 6.92 Å². The van der Waals surface area contributed by atoms with Gasteiger partial charge in [-0.1, -0.05) is 6.92 Å². The highest BCUT2D eigenvalue weighted by atomic mass is 16.7. The summed E-state index contributed by atoms with van der Waals surface area (Å²) in [5.74, 6) is -5.14. The molecule has 0 N–H and O–H groups in total. The van der Waals surface area contributed by atoms with Crippen LogP contribution in [0.3, 0.4) is 0 Å². The van der Waals surface area contributed by atoms with Crippen molar-refractivity contribution in [3.8, 4) is 0 Å². The molecule has 0 atom stereocenters. The summed E-state index contributed by atoms with van der Waals surface area (Å²) in [6, 6.07) is 0. The van der Waals surface area contributed by atoms with Crippen molar-refractivity contribution in [1.29, 1.82) is 0 Å². The molecule has 2 rings (SSSR count). The number of hydrogen-bond acceptors (Lipinski definition) is 9. The topological polar surface area (TPSA) is 144 Å². The number of carbonyl (C=O) groups is 7. The summed E-state index contributed by atoms with van der Waals surface area (Å²) in [6.45, 7) is 0.0790. The number of hydroxylamine groups is 2. The van der Waals surface area contributed by atoms with E-state index in [1.807, 2.05) is 0 Å². The number of rotatable bonds is 7. The molecule has 11 heteroatoms. The SMILES string of the molecule is CCC(=O)N(CC(=O)OC1C(=O)CCC1=O)CC(=O)ON1C(=O)CCC1=O. The van der Waals surface area contributed by atoms with Gasteiger partial charge in [0.25, 0.3) is 11.8 Å². The largest absolute Gasteiger partial charge is 0.445 e. The van der Waals surface area contributed by atoms with Crippen LogP contribution in [0.2, 0.25) is 0 Å². The zero-order valence-corrected chi connectivity index (χ0v) is 14.6. The Morgan fingerprint density at radius 2 is 1.44 bits per heavy atom. The van der Waals surface area contributed by atoms with E-state index < -0.39 is 60.4 Å². The van der Waals surface area contributed by atoms with Gasteiger partial charge in [0.15, 0.2) is 11.6 Å². The van der Waals surface area contributed by atoms with Gasteiger partial charge in [0.05, 0.1) is 0 Å². The Hall–Kier alpha value is -3.11. The minimum absolute atomic E-state index is 0.0153. The number of nitrogens with zero attached hydrogens (tertiary/aromatic N) is 2. The maximum absolute atomic E-state index is 12.0. The van der Waals surface area contributed by atoms with Gasteiger partial charge in [-0.2, -0.15) is 0 Å². The number of carbonyl (C=O) groups excluding carboxylic acids is 7. The molecule has 1 heterocycles. The Morgan fingerprint density at radius 1 is 0.926 bits per heavy atom. The van der Waals surface area contributed by atoms with E-state index in [2.05, 4.69) is 4.84 Å². The minimum atomic E-state index is -1.48. The third-order valence-electron chi connectivity index (χ3n) is 3.95. The van der Waals surface area contributed by atoms with Crippen molar-refractivity contribution in [2.45, 2.75) is 45.1 Å². The quantitative estimate of drug-likeness (QED) is 0.297. The van der Waals surface area contributed by atoms with Crippen molar-refractivity contribution in [3.63, 3.8) is 0 Å². The number of amides is 3. The first-order chi connectivity index (χ1) is 12.7. The van der Waals surface area contributed by atoms with E-state index in [0.717, 1.165) is 4.90 Å². The third kappa shape index (κ3) is 4.96. The molecule has 0 aromatic rings. The van der Waals surface area contributed by atoms with Gasteiger partial charge in [-0.3, -0.25) is 28.8 Å². The molecule has 0 bridgehead atoms. The maximum atomic E-state index is 12.0. The third-order valence-corrected chi connectivity index (χ3v) is 3.95. The highest BCUT2D eigenvalue weighted by Crippen LogP contribution is 2.15. The van der Waals surface area contributed by atoms with Gasteiger partial charge in [0, 0.05) is 32.1 Å². The zero-order valence-electron chi connectivity index (χ0n) is 14.6. The molecule has 1 saturated carbocycles. The van der Waals surface area contributed by atoms with Gasteiger partial charge >= 0.3 is 11.9 Å². The van der Waals surface area contributed by atoms with Crippen LogP contribution in [0.5, 0.6) is 0 Å². The standard InChI is InChI=1S/C16H18N2O9/c1-2-11(21)17(7-14(24)26-16-9(19)3-4-10(16)20)8-15(25)27-18-12(22)5-6-13(18)23/h16H,2-8H2,1H3. The lowest BCUT2D eigenvalue weighted by Gasteiger charge is -2.22. The Balaban J connectivity index is 1.95. The van der Waals surface area contributed by atoms with Crippen LogP contribution in [-0.2, 0) is 43.1 Å². The van der Waals surface area contributed by atoms with E-state index in [4.69, 9.17) is 4.74 Å². The molecule has 146 valence electrons. The number of ketones is 2. The number of Topliss-reactive ketones (excluding diaryl/α,β-unsaturated/α-hetero) is 2. The molecule has 2 fully saturated rings. The molecule has 3 amide bonds. The maximum Gasteiger partial charge on any atom is 0.352 e. The van der Waals surface area contributed by atoms with Gasteiger partial charge in [-0.15, -0.1) is 5.06 Å². The molecular formula is C16H18N2O9. The fraction of sp³-hybridized carbons (Fsp3) is 0.562. The van der Waals surface area contributed by atoms with Crippen molar-refractivity contribution in [1.82, 2.24) is 9.96 Å². The second kappa shape index (κ2) is 8.52. The van der Waals surface area contributed by atoms with Crippen LogP contribution in [-0.4, -0.2) is 70.4 Å². The van der Waals surface area contributed by atoms with Crippen LogP contribution in [0.15, 0.2) is 0 Å². The van der Waals surface area contributed by atoms with Crippen LogP contribution in [0.1, 0.15) is 39.0 Å². The predicted molar refractivity (Wildman–Crippen MR) is 83.2 cm³/mol. The average molecular weight is 382 g/mol. The van der Waals surface area contributed by atoms with E-state index in [0.29, 0.717) is 5.06 Å². The highest BCUT2D eigenvalue weighted by molar-refractivity contribution is 6.12. The number of ether oxygens (including phenoxy) is 1. The molecule has 1 saturated heterocycles. The Bertz CT molecular complexity index is 631. The number of hydrogen-bond donors (Lipinski definition) is 0. The molecule has 0 radical (unpaired) electrons. The first kappa shape index (κ1) is 20.2. The molecule has 27 heavy (non-hydrogen) atoms. The van der Waals surface area contributed by atoms with Crippen LogP contribution >= 0.6 is 0 Å². The molecule has 0 spiro atoms. The molecule has 11 nitrogen and oxygen atoms in total. The molecule has 0 aromatic carbocycles. The van der Waals surface area contributed by atoms with E-state index >= 15 is 0 Å². The van der Waals surface area contributed by atoms with Gasteiger partial charge in [-0.25, -0.2) is 4.79 Å². The second-order valence-electron chi connectivity index (χ2n) is 5.95. The van der Waals surface area contributed by atoms with Crippen molar-refractivity contribution in [2.75, 3.05) is 13.1 Å². The average Bonchev–Trinajstić information content (AvgIpc) is 3.10. The number of esters is 1. The summed E-state index contributed by atoms with van der Waals surface area (Å²) in [7, 11) is 0. The Morgan fingerprint density at radius 3 is 1.96 bits per heavy atom. The van der Waals surface area contributed by atoms with Crippen molar-refractivity contribution >= 4 is 41.2 Å². The summed E-state index contributed by atoms with van der Waals surface area (Å²) in [5, 5.41) is 0.325. The molecule has 0 aromatic heterocycles. The van der Waals surface area contributed by atoms with Crippen molar-refractivity contribution in [3.05, 3.63) is 0 Å². The van der Waals surface area contributed by atoms with Crippen molar-refractivity contribution < 1.29 is 43.1 Å². The fourth-order valence-electron chi connectivity index (χ4n) is 2.54. The highest BCUT2D eigenvalue weighted by Gasteiger charge is 2.37. The lowest BCUT2D eigenvalue weighted by molar-refractivity contribution is -0.198. The van der Waals surface area contributed by atoms with Crippen LogP contribution < -0.4 is 0 Å². The first-order valence-corrected chi connectivity index (χ1v) is 8.32. The molecule has 0 unspecified atom stereocenters. The van der Waals surface area contributed by atoms with Gasteiger partial charge in [-0.05, 0) is 0 Å². The second-order valence-corrected chi connectivity index (χ2v) is 5.95. The number of imide groups is 1. The molecular weight excluding hydrogens is 364 g/mol. The summed E-state index contributed by atoms with van der Waals surface area (Å²) in [5.41, 5.74) is 0. The monoisotopic (exact) mass is 382 g/mol. The van der Waals surface area contributed by atoms with Crippen LogP contribution in [0.4, 0.5) is 0 Å². The van der Waals surface area contributed by atoms with Gasteiger partial charge < -0.3 is 14.5 Å². The first-order valence-electron chi connectivity index (χ1n) is 8.32. The minimum Gasteiger partial charge on any atom is -0.445 e. The Kier molecular flexibility index (Phi) is 6.37. The normalized spacial score (nSPS) is 17.4. The lowest BCUT2D eigenvalue weighted by atomic mass is 10.3. The van der Waals surface area contributed by atoms with E-state index in [-0.39, 0.29) is 32.1 Å². The summed E-state index contributed by atoms with van der Waals surface area (Å²) in [4.78, 5) is 87.2. The van der Waals surface area contributed by atoms with Gasteiger partial charge in [0.2, 0.25) is 12.0 Å². The molecule has 1 aliphatic carbocycles. The fourth-order valence-corrected chi connectivity index (χ4v) is 2.54. The van der Waals surface area contributed by atoms with E-state index in [1.54, 1.807) is 0 Å². The van der Waals surface area contributed by atoms with Crippen molar-refractivity contribution in [2.24, 2.45) is 0 Å². The van der Waals surface area contributed by atoms with Gasteiger partial charge in [0.1, 0.15) is 13.1 Å². The Labute approximate surface area is 153 Å². The zero-order chi connectivity index (χ0) is 20.1. The lowest BCUT2D eigenvalue weighted by Crippen LogP contribution is -2.43. The summed E-state index contributed by atoms with van der Waals surface area (Å²) >= 11 is 0. The smallest absolute Gasteiger partial charge is 0.352 e. The molecule has 2 aliphatic rings. The van der Waals surface area contributed by atoms with Crippen LogP contribution in [0, 0.1) is 0 Å². The summed E-state index contributed by atoms with van der Waals surface area (Å²) < 4.78 is 4.81. The molecule has 1 aliphatic heterocycles. The van der Waals surface area contributed by atoms with Crippen LogP contribution in [0.25, 0.3) is 0 Å².